The first-order valence-electron chi connectivity index (χ1n) is 3.86. The van der Waals surface area contributed by atoms with Crippen molar-refractivity contribution in [3.05, 3.63) is 29.6 Å². The molecule has 0 aliphatic rings. The maximum absolute atomic E-state index is 9.14. The van der Waals surface area contributed by atoms with Crippen molar-refractivity contribution in [2.24, 2.45) is 0 Å². The number of aliphatic hydroxyl groups is 1. The molecule has 0 radical (unpaired) electrons. The van der Waals surface area contributed by atoms with Gasteiger partial charge in [0.25, 0.3) is 0 Å². The minimum atomic E-state index is -0.751. The molecule has 3 heteroatoms. The van der Waals surface area contributed by atoms with Gasteiger partial charge in [-0.1, -0.05) is 6.07 Å². The molecule has 0 bridgehead atoms. The SMILES string of the molecule is COC(O)Cc1cccc(C)n1. The van der Waals surface area contributed by atoms with Crippen LogP contribution in [0.2, 0.25) is 0 Å². The fraction of sp³-hybridized carbons (Fsp3) is 0.444. The molecule has 0 amide bonds. The largest absolute Gasteiger partial charge is 0.368 e. The monoisotopic (exact) mass is 167 g/mol. The van der Waals surface area contributed by atoms with Crippen molar-refractivity contribution in [3.8, 4) is 0 Å². The maximum Gasteiger partial charge on any atom is 0.159 e. The van der Waals surface area contributed by atoms with Crippen LogP contribution in [-0.4, -0.2) is 23.5 Å². The molecule has 0 saturated carbocycles. The predicted octanol–water partition coefficient (Wildman–Crippen LogP) is 0.897. The molecule has 1 N–H and O–H groups in total. The molecule has 1 unspecified atom stereocenters. The van der Waals surface area contributed by atoms with E-state index in [1.165, 1.54) is 7.11 Å². The van der Waals surface area contributed by atoms with Gasteiger partial charge in [0.2, 0.25) is 0 Å². The van der Waals surface area contributed by atoms with Crippen molar-refractivity contribution in [3.63, 3.8) is 0 Å². The third-order valence-electron chi connectivity index (χ3n) is 1.60. The van der Waals surface area contributed by atoms with Crippen LogP contribution >= 0.6 is 0 Å². The number of hydrogen-bond acceptors (Lipinski definition) is 3. The van der Waals surface area contributed by atoms with Crippen molar-refractivity contribution in [1.29, 1.82) is 0 Å². The highest BCUT2D eigenvalue weighted by atomic mass is 16.6. The summed E-state index contributed by atoms with van der Waals surface area (Å²) in [4.78, 5) is 4.22. The van der Waals surface area contributed by atoms with Crippen LogP contribution in [0.25, 0.3) is 0 Å². The van der Waals surface area contributed by atoms with E-state index in [2.05, 4.69) is 4.98 Å². The Kier molecular flexibility index (Phi) is 3.19. The number of methoxy groups -OCH3 is 1. The molecule has 0 aliphatic carbocycles. The lowest BCUT2D eigenvalue weighted by Crippen LogP contribution is -2.13. The highest BCUT2D eigenvalue weighted by molar-refractivity contribution is 5.10. The Morgan fingerprint density at radius 2 is 2.33 bits per heavy atom. The molecule has 0 saturated heterocycles. The topological polar surface area (TPSA) is 42.4 Å². The first-order valence-corrected chi connectivity index (χ1v) is 3.86. The van der Waals surface area contributed by atoms with E-state index in [-0.39, 0.29) is 0 Å². The van der Waals surface area contributed by atoms with Gasteiger partial charge in [0.05, 0.1) is 0 Å². The lowest BCUT2D eigenvalue weighted by Gasteiger charge is -2.07. The second kappa shape index (κ2) is 4.18. The van der Waals surface area contributed by atoms with Crippen molar-refractivity contribution in [1.82, 2.24) is 4.98 Å². The lowest BCUT2D eigenvalue weighted by molar-refractivity contribution is -0.0726. The number of hydrogen-bond donors (Lipinski definition) is 1. The van der Waals surface area contributed by atoms with Gasteiger partial charge in [-0.05, 0) is 19.1 Å². The number of nitrogens with zero attached hydrogens (tertiary/aromatic N) is 1. The minimum Gasteiger partial charge on any atom is -0.368 e. The predicted molar refractivity (Wildman–Crippen MR) is 45.7 cm³/mol. The Morgan fingerprint density at radius 3 is 2.92 bits per heavy atom. The number of aryl methyl sites for hydroxylation is 1. The van der Waals surface area contributed by atoms with Crippen LogP contribution in [0.3, 0.4) is 0 Å². The van der Waals surface area contributed by atoms with Crippen LogP contribution in [0.4, 0.5) is 0 Å². The molecule has 66 valence electrons. The van der Waals surface area contributed by atoms with Gasteiger partial charge in [-0.2, -0.15) is 0 Å². The van der Waals surface area contributed by atoms with Crippen LogP contribution in [0.5, 0.6) is 0 Å². The molecule has 3 nitrogen and oxygen atoms in total. The average molecular weight is 167 g/mol. The van der Waals surface area contributed by atoms with Gasteiger partial charge in [-0.15, -0.1) is 0 Å². The van der Waals surface area contributed by atoms with Crippen molar-refractivity contribution in [2.45, 2.75) is 19.6 Å². The fourth-order valence-electron chi connectivity index (χ4n) is 0.975. The van der Waals surface area contributed by atoms with Gasteiger partial charge in [-0.3, -0.25) is 4.98 Å². The zero-order valence-electron chi connectivity index (χ0n) is 7.32. The van der Waals surface area contributed by atoms with Gasteiger partial charge in [0.1, 0.15) is 0 Å². The molecule has 0 aliphatic heterocycles. The van der Waals surface area contributed by atoms with E-state index in [1.807, 2.05) is 25.1 Å². The van der Waals surface area contributed by atoms with E-state index in [0.29, 0.717) is 6.42 Å². The van der Waals surface area contributed by atoms with Crippen LogP contribution in [0, 0.1) is 6.92 Å². The van der Waals surface area contributed by atoms with Gasteiger partial charge < -0.3 is 9.84 Å². The third-order valence-corrected chi connectivity index (χ3v) is 1.60. The molecule has 1 atom stereocenters. The van der Waals surface area contributed by atoms with E-state index in [0.717, 1.165) is 11.4 Å². The Bertz CT molecular complexity index is 250. The summed E-state index contributed by atoms with van der Waals surface area (Å²) >= 11 is 0. The van der Waals surface area contributed by atoms with Crippen molar-refractivity contribution in [2.75, 3.05) is 7.11 Å². The molecular weight excluding hydrogens is 154 g/mol. The summed E-state index contributed by atoms with van der Waals surface area (Å²) in [5.74, 6) is 0. The summed E-state index contributed by atoms with van der Waals surface area (Å²) in [6.07, 6.45) is -0.308. The average Bonchev–Trinajstić information content (AvgIpc) is 2.04. The number of aliphatic hydroxyl groups excluding tert-OH is 1. The van der Waals surface area contributed by atoms with E-state index < -0.39 is 6.29 Å². The molecule has 12 heavy (non-hydrogen) atoms. The highest BCUT2D eigenvalue weighted by Gasteiger charge is 2.03. The summed E-state index contributed by atoms with van der Waals surface area (Å²) in [6, 6.07) is 5.71. The summed E-state index contributed by atoms with van der Waals surface area (Å²) in [5, 5.41) is 9.14. The molecule has 0 spiro atoms. The molecule has 0 fully saturated rings. The second-order valence-electron chi connectivity index (χ2n) is 2.66. The van der Waals surface area contributed by atoms with Gasteiger partial charge >= 0.3 is 0 Å². The Balaban J connectivity index is 2.63. The van der Waals surface area contributed by atoms with Crippen molar-refractivity contribution < 1.29 is 9.84 Å². The maximum atomic E-state index is 9.14. The number of rotatable bonds is 3. The van der Waals surface area contributed by atoms with Crippen LogP contribution in [-0.2, 0) is 11.2 Å². The number of pyridine rings is 1. The van der Waals surface area contributed by atoms with E-state index in [4.69, 9.17) is 9.84 Å². The molecule has 1 aromatic heterocycles. The highest BCUT2D eigenvalue weighted by Crippen LogP contribution is 2.01. The van der Waals surface area contributed by atoms with E-state index in [1.54, 1.807) is 0 Å². The number of aromatic nitrogens is 1. The van der Waals surface area contributed by atoms with Crippen molar-refractivity contribution >= 4 is 0 Å². The van der Waals surface area contributed by atoms with Gasteiger partial charge in [-0.25, -0.2) is 0 Å². The molecule has 1 rings (SSSR count). The molecular formula is C9H13NO2. The summed E-state index contributed by atoms with van der Waals surface area (Å²) in [5.41, 5.74) is 1.81. The Labute approximate surface area is 72.0 Å². The van der Waals surface area contributed by atoms with E-state index in [9.17, 15) is 0 Å². The minimum absolute atomic E-state index is 0.443. The molecule has 1 aromatic rings. The third kappa shape index (κ3) is 2.60. The smallest absolute Gasteiger partial charge is 0.159 e. The summed E-state index contributed by atoms with van der Waals surface area (Å²) in [6.45, 7) is 1.92. The standard InChI is InChI=1S/C9H13NO2/c1-7-4-3-5-8(10-7)6-9(11)12-2/h3-5,9,11H,6H2,1-2H3. The Morgan fingerprint density at radius 1 is 1.58 bits per heavy atom. The fourth-order valence-corrected chi connectivity index (χ4v) is 0.975. The van der Waals surface area contributed by atoms with E-state index >= 15 is 0 Å². The van der Waals surface area contributed by atoms with Crippen LogP contribution < -0.4 is 0 Å². The summed E-state index contributed by atoms with van der Waals surface area (Å²) < 4.78 is 4.71. The quantitative estimate of drug-likeness (QED) is 0.680. The van der Waals surface area contributed by atoms with Crippen LogP contribution in [0.15, 0.2) is 18.2 Å². The molecule has 1 heterocycles. The zero-order chi connectivity index (χ0) is 8.97. The first kappa shape index (κ1) is 9.16. The Hall–Kier alpha value is -0.930. The van der Waals surface area contributed by atoms with Gasteiger partial charge in [0, 0.05) is 24.9 Å². The first-order chi connectivity index (χ1) is 5.72. The lowest BCUT2D eigenvalue weighted by atomic mass is 10.2. The summed E-state index contributed by atoms with van der Waals surface area (Å²) in [7, 11) is 1.47. The zero-order valence-corrected chi connectivity index (χ0v) is 7.32. The second-order valence-corrected chi connectivity index (χ2v) is 2.66. The molecule has 0 aromatic carbocycles. The normalized spacial score (nSPS) is 12.9. The van der Waals surface area contributed by atoms with Gasteiger partial charge in [0.15, 0.2) is 6.29 Å². The number of ether oxygens (including phenoxy) is 1. The van der Waals surface area contributed by atoms with Crippen LogP contribution in [0.1, 0.15) is 11.4 Å².